The molecule has 2 aliphatic rings. The number of ether oxygens (including phenoxy) is 2. The van der Waals surface area contributed by atoms with Crippen molar-refractivity contribution in [1.29, 1.82) is 5.41 Å². The third-order valence-corrected chi connectivity index (χ3v) is 6.47. The van der Waals surface area contributed by atoms with Crippen LogP contribution in [0.3, 0.4) is 0 Å². The number of carbonyl (C=O) groups excluding carboxylic acids is 1. The largest absolute Gasteiger partial charge is 0.490 e. The van der Waals surface area contributed by atoms with Gasteiger partial charge in [0, 0.05) is 6.26 Å². The maximum Gasteiger partial charge on any atom is 0.283 e. The number of para-hydroxylation sites is 1. The van der Waals surface area contributed by atoms with Crippen LogP contribution < -0.4 is 9.47 Å². The van der Waals surface area contributed by atoms with Gasteiger partial charge in [0.25, 0.3) is 5.91 Å². The van der Waals surface area contributed by atoms with Crippen LogP contribution in [0.5, 0.6) is 11.5 Å². The topological polar surface area (TPSA) is 121 Å². The minimum atomic E-state index is -3.69. The van der Waals surface area contributed by atoms with Gasteiger partial charge in [0.1, 0.15) is 30.5 Å². The molecule has 4 rings (SSSR count). The number of aryl methyl sites for hydroxylation is 1. The SMILES string of the molecule is Cc1ccccc1OCCOc1ccc(/C=C2/C(=N)N3C(=NC2=O)SN=C3S(C)(=O)=O)cc1. The van der Waals surface area contributed by atoms with Gasteiger partial charge in [-0.15, -0.1) is 0 Å². The molecule has 0 aromatic heterocycles. The Bertz CT molecular complexity index is 1310. The van der Waals surface area contributed by atoms with Crippen molar-refractivity contribution in [2.75, 3.05) is 19.5 Å². The van der Waals surface area contributed by atoms with Gasteiger partial charge < -0.3 is 9.47 Å². The number of nitrogens with zero attached hydrogens (tertiary/aromatic N) is 3. The summed E-state index contributed by atoms with van der Waals surface area (Å²) in [6.07, 6.45) is 2.48. The van der Waals surface area contributed by atoms with E-state index in [1.165, 1.54) is 6.08 Å². The second-order valence-corrected chi connectivity index (χ2v) is 9.85. The molecular weight excluding hydrogens is 464 g/mol. The van der Waals surface area contributed by atoms with E-state index in [-0.39, 0.29) is 21.7 Å². The fourth-order valence-electron chi connectivity index (χ4n) is 3.09. The Morgan fingerprint density at radius 1 is 1.09 bits per heavy atom. The van der Waals surface area contributed by atoms with E-state index in [0.717, 1.165) is 34.4 Å². The smallest absolute Gasteiger partial charge is 0.283 e. The van der Waals surface area contributed by atoms with Crippen molar-refractivity contribution >= 4 is 49.9 Å². The van der Waals surface area contributed by atoms with Crippen LogP contribution in [0.1, 0.15) is 11.1 Å². The first-order valence-corrected chi connectivity index (χ1v) is 12.5. The minimum Gasteiger partial charge on any atom is -0.490 e. The first-order chi connectivity index (χ1) is 15.7. The fourth-order valence-corrected chi connectivity index (χ4v) is 4.94. The first-order valence-electron chi connectivity index (χ1n) is 9.84. The van der Waals surface area contributed by atoms with E-state index >= 15 is 0 Å². The molecule has 9 nitrogen and oxygen atoms in total. The first kappa shape index (κ1) is 22.7. The van der Waals surface area contributed by atoms with Crippen molar-refractivity contribution in [1.82, 2.24) is 4.90 Å². The van der Waals surface area contributed by atoms with Crippen LogP contribution in [-0.4, -0.2) is 54.9 Å². The summed E-state index contributed by atoms with van der Waals surface area (Å²) < 4.78 is 39.2. The van der Waals surface area contributed by atoms with E-state index in [1.807, 2.05) is 31.2 Å². The summed E-state index contributed by atoms with van der Waals surface area (Å²) in [5.41, 5.74) is 1.66. The van der Waals surface area contributed by atoms with E-state index in [0.29, 0.717) is 24.5 Å². The van der Waals surface area contributed by atoms with E-state index in [9.17, 15) is 13.2 Å². The van der Waals surface area contributed by atoms with Crippen LogP contribution >= 0.6 is 11.9 Å². The number of benzene rings is 2. The van der Waals surface area contributed by atoms with Crippen molar-refractivity contribution in [2.45, 2.75) is 6.92 Å². The second kappa shape index (κ2) is 9.20. The lowest BCUT2D eigenvalue weighted by Crippen LogP contribution is -2.45. The Labute approximate surface area is 195 Å². The number of nitrogens with one attached hydrogen (secondary N) is 1. The molecule has 1 N–H and O–H groups in total. The summed E-state index contributed by atoms with van der Waals surface area (Å²) in [5, 5.41) is 8.10. The summed E-state index contributed by atoms with van der Waals surface area (Å²) in [6, 6.07) is 14.7. The Morgan fingerprint density at radius 3 is 2.48 bits per heavy atom. The van der Waals surface area contributed by atoms with E-state index < -0.39 is 15.7 Å². The molecular formula is C22H20N4O5S2. The number of hydrogen-bond acceptors (Lipinski definition) is 8. The number of carbonyl (C=O) groups is 1. The van der Waals surface area contributed by atoms with E-state index in [1.54, 1.807) is 24.3 Å². The van der Waals surface area contributed by atoms with Crippen LogP contribution in [0, 0.1) is 12.3 Å². The molecule has 0 atom stereocenters. The van der Waals surface area contributed by atoms with E-state index in [4.69, 9.17) is 14.9 Å². The Balaban J connectivity index is 1.41. The zero-order chi connectivity index (χ0) is 23.6. The van der Waals surface area contributed by atoms with Crippen molar-refractivity contribution in [2.24, 2.45) is 9.39 Å². The summed E-state index contributed by atoms with van der Waals surface area (Å²) in [6.45, 7) is 2.72. The molecule has 2 aliphatic heterocycles. The minimum absolute atomic E-state index is 0.0297. The molecule has 0 aliphatic carbocycles. The molecule has 170 valence electrons. The summed E-state index contributed by atoms with van der Waals surface area (Å²) in [5.74, 6) is 0.525. The Kier molecular flexibility index (Phi) is 6.34. The summed E-state index contributed by atoms with van der Waals surface area (Å²) in [7, 11) is -3.69. The molecule has 0 saturated heterocycles. The highest BCUT2D eigenvalue weighted by atomic mass is 32.2. The lowest BCUT2D eigenvalue weighted by molar-refractivity contribution is -0.114. The third kappa shape index (κ3) is 4.99. The number of amides is 1. The number of sulfone groups is 1. The molecule has 0 spiro atoms. The Hall–Kier alpha value is -3.44. The number of rotatable bonds is 6. The van der Waals surface area contributed by atoms with Gasteiger partial charge in [-0.3, -0.25) is 10.2 Å². The molecule has 2 heterocycles. The highest BCUT2D eigenvalue weighted by Gasteiger charge is 2.41. The van der Waals surface area contributed by atoms with Gasteiger partial charge in [-0.05, 0) is 42.3 Å². The normalized spacial score (nSPS) is 17.0. The molecule has 0 saturated carbocycles. The molecule has 2 aromatic rings. The Morgan fingerprint density at radius 2 is 1.79 bits per heavy atom. The van der Waals surface area contributed by atoms with Gasteiger partial charge in [0.2, 0.25) is 20.2 Å². The van der Waals surface area contributed by atoms with Crippen LogP contribution in [-0.2, 0) is 14.6 Å². The van der Waals surface area contributed by atoms with Crippen molar-refractivity contribution in [3.63, 3.8) is 0 Å². The second-order valence-electron chi connectivity index (χ2n) is 7.21. The highest BCUT2D eigenvalue weighted by Crippen LogP contribution is 2.29. The molecule has 11 heteroatoms. The zero-order valence-electron chi connectivity index (χ0n) is 17.8. The van der Waals surface area contributed by atoms with Gasteiger partial charge in [0.05, 0.1) is 17.5 Å². The van der Waals surface area contributed by atoms with Gasteiger partial charge in [-0.2, -0.15) is 9.39 Å². The highest BCUT2D eigenvalue weighted by molar-refractivity contribution is 8.16. The average Bonchev–Trinajstić information content (AvgIpc) is 3.21. The molecule has 0 bridgehead atoms. The number of aliphatic imine (C=N–C) groups is 1. The predicted molar refractivity (Wildman–Crippen MR) is 128 cm³/mol. The number of fused-ring (bicyclic) bond motifs is 1. The maximum atomic E-state index is 12.4. The maximum absolute atomic E-state index is 12.4. The van der Waals surface area contributed by atoms with Crippen molar-refractivity contribution in [3.05, 3.63) is 65.2 Å². The lowest BCUT2D eigenvalue weighted by atomic mass is 10.1. The zero-order valence-corrected chi connectivity index (χ0v) is 19.4. The quantitative estimate of drug-likeness (QED) is 0.380. The average molecular weight is 485 g/mol. The van der Waals surface area contributed by atoms with Crippen LogP contribution in [0.15, 0.2) is 63.5 Å². The van der Waals surface area contributed by atoms with E-state index in [2.05, 4.69) is 9.39 Å². The van der Waals surface area contributed by atoms with Gasteiger partial charge in [0.15, 0.2) is 0 Å². The summed E-state index contributed by atoms with van der Waals surface area (Å²) in [4.78, 5) is 17.4. The fraction of sp³-hybridized carbons (Fsp3) is 0.182. The molecule has 33 heavy (non-hydrogen) atoms. The third-order valence-electron chi connectivity index (χ3n) is 4.72. The van der Waals surface area contributed by atoms with Crippen molar-refractivity contribution in [3.8, 4) is 11.5 Å². The summed E-state index contributed by atoms with van der Waals surface area (Å²) >= 11 is 0.757. The van der Waals surface area contributed by atoms with Gasteiger partial charge >= 0.3 is 0 Å². The number of amidine groups is 3. The predicted octanol–water partition coefficient (Wildman–Crippen LogP) is 3.07. The molecule has 0 radical (unpaired) electrons. The van der Waals surface area contributed by atoms with Gasteiger partial charge in [-0.25, -0.2) is 13.3 Å². The van der Waals surface area contributed by atoms with Crippen molar-refractivity contribution < 1.29 is 22.7 Å². The lowest BCUT2D eigenvalue weighted by Gasteiger charge is -2.23. The number of hydrogen-bond donors (Lipinski definition) is 1. The molecule has 2 aromatic carbocycles. The standard InChI is InChI=1S/C22H20N4O5S2/c1-14-5-3-4-6-18(14)31-12-11-30-16-9-7-15(8-10-16)13-17-19(23)26-21(24-20(17)27)32-25-22(26)33(2,28)29/h3-10,13,23H,11-12H2,1-2H3/b17-13-,23-19?. The monoisotopic (exact) mass is 484 g/mol. The molecule has 0 fully saturated rings. The van der Waals surface area contributed by atoms with Crippen LogP contribution in [0.25, 0.3) is 6.08 Å². The van der Waals surface area contributed by atoms with Crippen LogP contribution in [0.2, 0.25) is 0 Å². The molecule has 1 amide bonds. The van der Waals surface area contributed by atoms with Crippen LogP contribution in [0.4, 0.5) is 0 Å². The molecule has 0 unspecified atom stereocenters. The van der Waals surface area contributed by atoms with Gasteiger partial charge in [-0.1, -0.05) is 30.3 Å².